The van der Waals surface area contributed by atoms with Crippen LogP contribution in [0.1, 0.15) is 0 Å². The van der Waals surface area contributed by atoms with Crippen molar-refractivity contribution in [2.24, 2.45) is 7.05 Å². The number of ether oxygens (including phenoxy) is 1. The van der Waals surface area contributed by atoms with Gasteiger partial charge >= 0.3 is 0 Å². The number of aromatic nitrogens is 6. The van der Waals surface area contributed by atoms with Crippen LogP contribution in [0, 0.1) is 0 Å². The lowest BCUT2D eigenvalue weighted by molar-refractivity contribution is 0.240. The minimum Gasteiger partial charge on any atom is -0.473 e. The number of hydrogen-bond donors (Lipinski definition) is 0. The molecule has 0 radical (unpaired) electrons. The lowest BCUT2D eigenvalue weighted by Crippen LogP contribution is -2.03. The number of fused-ring (bicyclic) bond motifs is 1. The predicted molar refractivity (Wildman–Crippen MR) is 108 cm³/mol. The smallest absolute Gasteiger partial charge is 0.176 e. The van der Waals surface area contributed by atoms with Crippen LogP contribution in [-0.2, 0) is 13.8 Å². The highest BCUT2D eigenvalue weighted by atomic mass is 32.1. The second kappa shape index (κ2) is 6.90. The van der Waals surface area contributed by atoms with Gasteiger partial charge in [0.1, 0.15) is 17.0 Å². The van der Waals surface area contributed by atoms with E-state index in [2.05, 4.69) is 19.4 Å². The summed E-state index contributed by atoms with van der Waals surface area (Å²) in [4.78, 5) is 8.40. The zero-order valence-corrected chi connectivity index (χ0v) is 15.9. The van der Waals surface area contributed by atoms with Crippen LogP contribution in [0.25, 0.3) is 33.5 Å². The molecule has 8 heteroatoms. The van der Waals surface area contributed by atoms with Crippen LogP contribution in [0.2, 0.25) is 0 Å². The van der Waals surface area contributed by atoms with E-state index in [9.17, 15) is 0 Å². The molecule has 0 saturated heterocycles. The van der Waals surface area contributed by atoms with Gasteiger partial charge in [-0.1, -0.05) is 0 Å². The average molecular weight is 388 g/mol. The minimum atomic E-state index is 0.367. The van der Waals surface area contributed by atoms with E-state index in [1.807, 2.05) is 64.3 Å². The Labute approximate surface area is 165 Å². The fourth-order valence-electron chi connectivity index (χ4n) is 3.09. The summed E-state index contributed by atoms with van der Waals surface area (Å²) in [7, 11) is 1.93. The average Bonchev–Trinajstić information content (AvgIpc) is 3.44. The molecular formula is C20H16N6OS. The SMILES string of the molecule is Cn1cc(-c2ccncc2)c(-c2ccc(OCn3cnc4csnc43)cc2)n1. The Bertz CT molecular complexity index is 1220. The molecule has 0 unspecified atom stereocenters. The van der Waals surface area contributed by atoms with E-state index in [0.717, 1.165) is 39.3 Å². The Kier molecular flexibility index (Phi) is 4.10. The van der Waals surface area contributed by atoms with Gasteiger partial charge in [-0.25, -0.2) is 4.98 Å². The summed E-state index contributed by atoms with van der Waals surface area (Å²) < 4.78 is 13.9. The number of benzene rings is 1. The van der Waals surface area contributed by atoms with Crippen molar-refractivity contribution in [3.63, 3.8) is 0 Å². The summed E-state index contributed by atoms with van der Waals surface area (Å²) in [6, 6.07) is 11.9. The number of rotatable bonds is 5. The molecule has 0 spiro atoms. The van der Waals surface area contributed by atoms with Crippen molar-refractivity contribution in [3.8, 4) is 28.1 Å². The molecule has 0 bridgehead atoms. The van der Waals surface area contributed by atoms with Gasteiger partial charge < -0.3 is 4.74 Å². The summed E-state index contributed by atoms with van der Waals surface area (Å²) in [6.45, 7) is 0.367. The van der Waals surface area contributed by atoms with E-state index in [-0.39, 0.29) is 0 Å². The first kappa shape index (κ1) is 16.6. The molecule has 4 aromatic heterocycles. The lowest BCUT2D eigenvalue weighted by Gasteiger charge is -2.08. The molecule has 0 aliphatic heterocycles. The third kappa shape index (κ3) is 3.03. The van der Waals surface area contributed by atoms with Gasteiger partial charge in [0.2, 0.25) is 0 Å². The molecule has 28 heavy (non-hydrogen) atoms. The topological polar surface area (TPSA) is 70.7 Å². The maximum atomic E-state index is 5.89. The van der Waals surface area contributed by atoms with Crippen LogP contribution in [0.15, 0.2) is 66.7 Å². The molecule has 0 aliphatic rings. The Morgan fingerprint density at radius 1 is 1.04 bits per heavy atom. The molecule has 0 atom stereocenters. The third-order valence-corrected chi connectivity index (χ3v) is 5.07. The van der Waals surface area contributed by atoms with Gasteiger partial charge in [-0.15, -0.1) is 0 Å². The van der Waals surface area contributed by atoms with Crippen molar-refractivity contribution < 1.29 is 4.74 Å². The molecule has 0 fully saturated rings. The van der Waals surface area contributed by atoms with E-state index in [1.54, 1.807) is 18.7 Å². The van der Waals surface area contributed by atoms with Gasteiger partial charge in [0.15, 0.2) is 12.4 Å². The normalized spacial score (nSPS) is 11.2. The Balaban J connectivity index is 1.38. The third-order valence-electron chi connectivity index (χ3n) is 4.46. The van der Waals surface area contributed by atoms with E-state index in [4.69, 9.17) is 4.74 Å². The number of nitrogens with zero attached hydrogens (tertiary/aromatic N) is 6. The molecule has 0 aliphatic carbocycles. The van der Waals surface area contributed by atoms with Gasteiger partial charge in [-0.05, 0) is 53.5 Å². The van der Waals surface area contributed by atoms with Crippen molar-refractivity contribution in [3.05, 3.63) is 66.7 Å². The summed E-state index contributed by atoms with van der Waals surface area (Å²) >= 11 is 1.39. The highest BCUT2D eigenvalue weighted by Gasteiger charge is 2.12. The zero-order chi connectivity index (χ0) is 18.9. The van der Waals surface area contributed by atoms with E-state index < -0.39 is 0 Å². The largest absolute Gasteiger partial charge is 0.473 e. The molecule has 1 aromatic carbocycles. The maximum Gasteiger partial charge on any atom is 0.176 e. The van der Waals surface area contributed by atoms with Crippen molar-refractivity contribution >= 4 is 22.7 Å². The Hall–Kier alpha value is -3.52. The highest BCUT2D eigenvalue weighted by Crippen LogP contribution is 2.31. The molecular weight excluding hydrogens is 372 g/mol. The van der Waals surface area contributed by atoms with Crippen molar-refractivity contribution in [1.82, 2.24) is 28.7 Å². The van der Waals surface area contributed by atoms with E-state index in [1.165, 1.54) is 11.5 Å². The van der Waals surface area contributed by atoms with Gasteiger partial charge in [0, 0.05) is 42.1 Å². The van der Waals surface area contributed by atoms with Crippen LogP contribution in [0.3, 0.4) is 0 Å². The summed E-state index contributed by atoms with van der Waals surface area (Å²) in [5.74, 6) is 0.780. The maximum absolute atomic E-state index is 5.89. The van der Waals surface area contributed by atoms with Crippen LogP contribution < -0.4 is 4.74 Å². The minimum absolute atomic E-state index is 0.367. The van der Waals surface area contributed by atoms with Gasteiger partial charge in [-0.2, -0.15) is 9.47 Å². The first-order chi connectivity index (χ1) is 13.8. The molecule has 138 valence electrons. The monoisotopic (exact) mass is 388 g/mol. The van der Waals surface area contributed by atoms with E-state index >= 15 is 0 Å². The molecule has 0 N–H and O–H groups in total. The molecule has 5 rings (SSSR count). The van der Waals surface area contributed by atoms with E-state index in [0.29, 0.717) is 6.73 Å². The molecule has 0 amide bonds. The van der Waals surface area contributed by atoms with Gasteiger partial charge in [0.25, 0.3) is 0 Å². The molecule has 5 aromatic rings. The van der Waals surface area contributed by atoms with Gasteiger partial charge in [-0.3, -0.25) is 14.2 Å². The molecule has 0 saturated carbocycles. The quantitative estimate of drug-likeness (QED) is 0.455. The van der Waals surface area contributed by atoms with Crippen LogP contribution in [-0.4, -0.2) is 28.7 Å². The second-order valence-electron chi connectivity index (χ2n) is 6.34. The van der Waals surface area contributed by atoms with Crippen molar-refractivity contribution in [2.45, 2.75) is 6.73 Å². The highest BCUT2D eigenvalue weighted by molar-refractivity contribution is 7.04. The first-order valence-electron chi connectivity index (χ1n) is 8.70. The fourth-order valence-corrected chi connectivity index (χ4v) is 3.71. The van der Waals surface area contributed by atoms with Gasteiger partial charge in [0.05, 0.1) is 6.33 Å². The zero-order valence-electron chi connectivity index (χ0n) is 15.1. The fraction of sp³-hybridized carbons (Fsp3) is 0.100. The van der Waals surface area contributed by atoms with Crippen molar-refractivity contribution in [2.75, 3.05) is 0 Å². The molecule has 7 nitrogen and oxygen atoms in total. The first-order valence-corrected chi connectivity index (χ1v) is 9.54. The predicted octanol–water partition coefficient (Wildman–Crippen LogP) is 3.99. The van der Waals surface area contributed by atoms with Crippen LogP contribution >= 0.6 is 11.5 Å². The summed E-state index contributed by atoms with van der Waals surface area (Å²) in [5.41, 5.74) is 5.86. The van der Waals surface area contributed by atoms with Crippen molar-refractivity contribution in [1.29, 1.82) is 0 Å². The number of imidazole rings is 1. The number of hydrogen-bond acceptors (Lipinski definition) is 6. The number of pyridine rings is 1. The van der Waals surface area contributed by atoms with Crippen LogP contribution in [0.5, 0.6) is 5.75 Å². The summed E-state index contributed by atoms with van der Waals surface area (Å²) in [6.07, 6.45) is 7.35. The Morgan fingerprint density at radius 3 is 2.68 bits per heavy atom. The summed E-state index contributed by atoms with van der Waals surface area (Å²) in [5, 5.41) is 6.56. The number of aryl methyl sites for hydroxylation is 1. The van der Waals surface area contributed by atoms with Crippen LogP contribution in [0.4, 0.5) is 0 Å². The lowest BCUT2D eigenvalue weighted by atomic mass is 10.0. The second-order valence-corrected chi connectivity index (χ2v) is 6.97. The molecule has 4 heterocycles. The Morgan fingerprint density at radius 2 is 1.86 bits per heavy atom. The standard InChI is InChI=1S/C20H16N6OS/c1-25-10-17(14-6-8-21-9-7-14)19(23-25)15-2-4-16(5-3-15)27-13-26-12-22-18-11-28-24-20(18)26/h2-12H,13H2,1H3.